The maximum atomic E-state index is 12.5. The van der Waals surface area contributed by atoms with Gasteiger partial charge in [-0.2, -0.15) is 0 Å². The van der Waals surface area contributed by atoms with Crippen LogP contribution in [0.3, 0.4) is 0 Å². The maximum absolute atomic E-state index is 12.5. The fraction of sp³-hybridized carbons (Fsp3) is 0.368. The smallest absolute Gasteiger partial charge is 0.349 e. The molecule has 0 bridgehead atoms. The van der Waals surface area contributed by atoms with Gasteiger partial charge in [0, 0.05) is 23.2 Å². The molecule has 2 heterocycles. The van der Waals surface area contributed by atoms with Gasteiger partial charge in [-0.25, -0.2) is 4.79 Å². The van der Waals surface area contributed by atoms with Crippen LogP contribution in [-0.4, -0.2) is 19.0 Å². The number of aryl methyl sites for hydroxylation is 2. The van der Waals surface area contributed by atoms with Gasteiger partial charge in [0.2, 0.25) is 0 Å². The van der Waals surface area contributed by atoms with Crippen molar-refractivity contribution >= 4 is 35.6 Å². The monoisotopic (exact) mass is 396 g/mol. The molecule has 1 atom stereocenters. The Balaban J connectivity index is 0.00000243. The van der Waals surface area contributed by atoms with Crippen LogP contribution in [0.1, 0.15) is 46.0 Å². The second kappa shape index (κ2) is 8.71. The van der Waals surface area contributed by atoms with E-state index in [0.717, 1.165) is 31.5 Å². The van der Waals surface area contributed by atoms with E-state index in [1.807, 2.05) is 6.92 Å². The highest BCUT2D eigenvalue weighted by atomic mass is 35.5. The molecule has 0 saturated carbocycles. The highest BCUT2D eigenvalue weighted by molar-refractivity contribution is 6.31. The van der Waals surface area contributed by atoms with Gasteiger partial charge >= 0.3 is 5.63 Å². The molecule has 0 radical (unpaired) electrons. The summed E-state index contributed by atoms with van der Waals surface area (Å²) in [5.41, 5.74) is 1.51. The van der Waals surface area contributed by atoms with E-state index in [0.29, 0.717) is 22.0 Å². The van der Waals surface area contributed by atoms with Crippen LogP contribution >= 0.6 is 24.0 Å². The Kier molecular flexibility index (Phi) is 6.87. The summed E-state index contributed by atoms with van der Waals surface area (Å²) in [7, 11) is 0. The van der Waals surface area contributed by atoms with Crippen molar-refractivity contribution < 1.29 is 9.21 Å². The molecule has 140 valence electrons. The number of benzene rings is 1. The zero-order valence-corrected chi connectivity index (χ0v) is 16.3. The van der Waals surface area contributed by atoms with Crippen LogP contribution in [0.25, 0.3) is 0 Å². The van der Waals surface area contributed by atoms with Crippen molar-refractivity contribution in [1.82, 2.24) is 5.32 Å². The van der Waals surface area contributed by atoms with Gasteiger partial charge in [0.15, 0.2) is 0 Å². The maximum Gasteiger partial charge on any atom is 0.349 e. The molecule has 1 aromatic heterocycles. The van der Waals surface area contributed by atoms with E-state index < -0.39 is 11.5 Å². The van der Waals surface area contributed by atoms with Crippen LogP contribution in [0.4, 0.5) is 5.69 Å². The van der Waals surface area contributed by atoms with Crippen LogP contribution in [0.2, 0.25) is 5.02 Å². The molecule has 5 nitrogen and oxygen atoms in total. The van der Waals surface area contributed by atoms with Gasteiger partial charge in [0.05, 0.1) is 0 Å². The highest BCUT2D eigenvalue weighted by Gasteiger charge is 2.22. The number of amides is 1. The van der Waals surface area contributed by atoms with Gasteiger partial charge in [-0.05, 0) is 68.6 Å². The zero-order valence-electron chi connectivity index (χ0n) is 14.7. The normalized spacial score (nSPS) is 16.7. The molecule has 1 saturated heterocycles. The van der Waals surface area contributed by atoms with Crippen molar-refractivity contribution in [3.05, 3.63) is 62.2 Å². The number of hydrogen-bond donors (Lipinski definition) is 2. The fourth-order valence-corrected chi connectivity index (χ4v) is 3.24. The Morgan fingerprint density at radius 1 is 1.27 bits per heavy atom. The van der Waals surface area contributed by atoms with Crippen molar-refractivity contribution in [2.75, 3.05) is 18.4 Å². The lowest BCUT2D eigenvalue weighted by atomic mass is 9.95. The first-order valence-corrected chi connectivity index (χ1v) is 8.76. The molecule has 1 aromatic carbocycles. The minimum atomic E-state index is -0.594. The number of piperidine rings is 1. The summed E-state index contributed by atoms with van der Waals surface area (Å²) in [6.45, 7) is 5.39. The average Bonchev–Trinajstić information content (AvgIpc) is 2.58. The Bertz CT molecular complexity index is 858. The van der Waals surface area contributed by atoms with E-state index in [2.05, 4.69) is 10.6 Å². The number of carbonyl (C=O) groups excluding carboxylic acids is 1. The van der Waals surface area contributed by atoms with Crippen LogP contribution in [0.15, 0.2) is 33.5 Å². The second-order valence-electron chi connectivity index (χ2n) is 6.46. The third-order valence-electron chi connectivity index (χ3n) is 4.51. The molecule has 1 amide bonds. The van der Waals surface area contributed by atoms with Crippen molar-refractivity contribution in [3.63, 3.8) is 0 Å². The van der Waals surface area contributed by atoms with Gasteiger partial charge in [-0.3, -0.25) is 4.79 Å². The van der Waals surface area contributed by atoms with E-state index in [4.69, 9.17) is 16.0 Å². The Morgan fingerprint density at radius 3 is 2.65 bits per heavy atom. The summed E-state index contributed by atoms with van der Waals surface area (Å²) in [6, 6.07) is 6.98. The van der Waals surface area contributed by atoms with Gasteiger partial charge in [0.1, 0.15) is 11.3 Å². The van der Waals surface area contributed by atoms with Gasteiger partial charge in [-0.1, -0.05) is 11.6 Å². The van der Waals surface area contributed by atoms with Crippen LogP contribution in [-0.2, 0) is 0 Å². The lowest BCUT2D eigenvalue weighted by Crippen LogP contribution is -2.30. The summed E-state index contributed by atoms with van der Waals surface area (Å²) in [6.07, 6.45) is 2.02. The molecule has 2 N–H and O–H groups in total. The number of halogens is 2. The molecule has 1 aliphatic rings. The summed E-state index contributed by atoms with van der Waals surface area (Å²) >= 11 is 5.99. The first-order valence-electron chi connectivity index (χ1n) is 8.38. The molecule has 0 aliphatic carbocycles. The number of hydrogen-bond acceptors (Lipinski definition) is 4. The summed E-state index contributed by atoms with van der Waals surface area (Å²) in [5, 5.41) is 6.66. The molecule has 0 spiro atoms. The van der Waals surface area contributed by atoms with Gasteiger partial charge in [-0.15, -0.1) is 12.4 Å². The minimum Gasteiger partial charge on any atom is -0.427 e. The molecular weight excluding hydrogens is 375 g/mol. The Morgan fingerprint density at radius 2 is 2.04 bits per heavy atom. The first-order chi connectivity index (χ1) is 12.0. The molecule has 1 aliphatic heterocycles. The molecule has 26 heavy (non-hydrogen) atoms. The third kappa shape index (κ3) is 4.47. The number of anilines is 1. The fourth-order valence-electron chi connectivity index (χ4n) is 3.12. The van der Waals surface area contributed by atoms with Gasteiger partial charge in [0.25, 0.3) is 5.91 Å². The van der Waals surface area contributed by atoms with E-state index in [1.54, 1.807) is 31.2 Å². The number of carbonyl (C=O) groups is 1. The molecule has 7 heteroatoms. The topological polar surface area (TPSA) is 71.3 Å². The van der Waals surface area contributed by atoms with Crippen molar-refractivity contribution in [2.24, 2.45) is 0 Å². The molecular formula is C19H22Cl2N2O3. The van der Waals surface area contributed by atoms with E-state index in [1.165, 1.54) is 0 Å². The SMILES string of the molecule is Cc1cc(NC(=O)c2c(C)cc(C3CCCNC3)oc2=O)ccc1Cl.Cl. The van der Waals surface area contributed by atoms with Crippen molar-refractivity contribution in [1.29, 1.82) is 0 Å². The standard InChI is InChI=1S/C19H21ClN2O3.ClH/c1-11-8-14(5-6-15(11)20)22-18(23)17-12(2)9-16(25-19(17)24)13-4-3-7-21-10-13;/h5-6,8-9,13,21H,3-4,7,10H2,1-2H3,(H,22,23);1H. The predicted molar refractivity (Wildman–Crippen MR) is 106 cm³/mol. The van der Waals surface area contributed by atoms with Crippen LogP contribution in [0, 0.1) is 13.8 Å². The number of nitrogens with one attached hydrogen (secondary N) is 2. The van der Waals surface area contributed by atoms with Crippen LogP contribution in [0.5, 0.6) is 0 Å². The highest BCUT2D eigenvalue weighted by Crippen LogP contribution is 2.24. The predicted octanol–water partition coefficient (Wildman–Crippen LogP) is 4.05. The molecule has 1 fully saturated rings. The van der Waals surface area contributed by atoms with E-state index >= 15 is 0 Å². The van der Waals surface area contributed by atoms with E-state index in [-0.39, 0.29) is 23.9 Å². The van der Waals surface area contributed by atoms with E-state index in [9.17, 15) is 9.59 Å². The largest absolute Gasteiger partial charge is 0.427 e. The third-order valence-corrected chi connectivity index (χ3v) is 4.93. The quantitative estimate of drug-likeness (QED) is 0.820. The molecule has 2 aromatic rings. The summed E-state index contributed by atoms with van der Waals surface area (Å²) in [4.78, 5) is 24.9. The Hall–Kier alpha value is -1.82. The second-order valence-corrected chi connectivity index (χ2v) is 6.86. The first kappa shape index (κ1) is 20.5. The van der Waals surface area contributed by atoms with Crippen molar-refractivity contribution in [3.8, 4) is 0 Å². The summed E-state index contributed by atoms with van der Waals surface area (Å²) < 4.78 is 5.45. The zero-order chi connectivity index (χ0) is 18.0. The lowest BCUT2D eigenvalue weighted by molar-refractivity contribution is 0.102. The minimum absolute atomic E-state index is 0. The Labute approximate surface area is 163 Å². The molecule has 3 rings (SSSR count). The van der Waals surface area contributed by atoms with Gasteiger partial charge < -0.3 is 15.1 Å². The molecule has 1 unspecified atom stereocenters. The number of rotatable bonds is 3. The summed E-state index contributed by atoms with van der Waals surface area (Å²) in [5.74, 6) is 0.353. The van der Waals surface area contributed by atoms with Crippen LogP contribution < -0.4 is 16.3 Å². The average molecular weight is 397 g/mol. The lowest BCUT2D eigenvalue weighted by Gasteiger charge is -2.22. The van der Waals surface area contributed by atoms with Crippen molar-refractivity contribution in [2.45, 2.75) is 32.6 Å².